The van der Waals surface area contributed by atoms with Gasteiger partial charge in [-0.05, 0) is 49.4 Å². The maximum absolute atomic E-state index is 11.3. The summed E-state index contributed by atoms with van der Waals surface area (Å²) in [5.41, 5.74) is 2.26. The van der Waals surface area contributed by atoms with E-state index in [4.69, 9.17) is 21.1 Å². The molecule has 0 amide bonds. The Hall–Kier alpha value is -2.12. The van der Waals surface area contributed by atoms with Crippen LogP contribution in [0.2, 0.25) is 5.02 Å². The summed E-state index contributed by atoms with van der Waals surface area (Å²) in [6.07, 6.45) is 4.37. The van der Waals surface area contributed by atoms with Crippen LogP contribution < -0.4 is 4.90 Å². The molecular weight excluding hydrogens is 428 g/mol. The lowest BCUT2D eigenvalue weighted by atomic mass is 10.0. The van der Waals surface area contributed by atoms with Crippen LogP contribution in [0.3, 0.4) is 0 Å². The smallest absolute Gasteiger partial charge is 0.337 e. The molecule has 2 aromatic carbocycles. The zero-order valence-electron chi connectivity index (χ0n) is 18.5. The second-order valence-corrected chi connectivity index (χ2v) is 9.02. The van der Waals surface area contributed by atoms with Crippen molar-refractivity contribution in [2.45, 2.75) is 44.1 Å². The third-order valence-electron chi connectivity index (χ3n) is 6.35. The maximum atomic E-state index is 11.3. The topological polar surface area (TPSA) is 62.2 Å². The summed E-state index contributed by atoms with van der Waals surface area (Å²) in [5.74, 6) is -1.02. The minimum absolute atomic E-state index is 0.0681. The lowest BCUT2D eigenvalue weighted by Crippen LogP contribution is -2.37. The number of ether oxygens (including phenoxy) is 2. The first-order chi connectivity index (χ1) is 15.5. The molecule has 2 aliphatic rings. The van der Waals surface area contributed by atoms with E-state index in [1.807, 2.05) is 19.2 Å². The van der Waals surface area contributed by atoms with Crippen LogP contribution in [-0.2, 0) is 9.47 Å². The second-order valence-electron chi connectivity index (χ2n) is 8.61. The molecule has 4 rings (SSSR count). The standard InChI is InChI=1S/C25H31ClN2O4/c1-27(19-10-11-21(25(29)30)22(26)15-19)17-23(18-7-3-2-4-8-18)28-13-12-20(16-28)32-24-9-5-6-14-31-24/h2-4,7-8,10-11,15,20,23-24H,5-6,9,12-14,16-17H2,1H3,(H,29,30)/t20-,23+,24?/m0/s1. The van der Waals surface area contributed by atoms with E-state index in [1.165, 1.54) is 12.0 Å². The van der Waals surface area contributed by atoms with Gasteiger partial charge in [0.25, 0.3) is 0 Å². The average molecular weight is 459 g/mol. The number of hydrogen-bond donors (Lipinski definition) is 1. The van der Waals surface area contributed by atoms with E-state index in [0.29, 0.717) is 0 Å². The number of likely N-dealkylation sites (tertiary alicyclic amines) is 1. The van der Waals surface area contributed by atoms with Crippen molar-refractivity contribution in [1.82, 2.24) is 4.90 Å². The molecule has 0 aliphatic carbocycles. The van der Waals surface area contributed by atoms with E-state index in [9.17, 15) is 9.90 Å². The molecule has 2 aromatic rings. The number of carbonyl (C=O) groups is 1. The maximum Gasteiger partial charge on any atom is 0.337 e. The van der Waals surface area contributed by atoms with Gasteiger partial charge < -0.3 is 19.5 Å². The van der Waals surface area contributed by atoms with Crippen molar-refractivity contribution < 1.29 is 19.4 Å². The van der Waals surface area contributed by atoms with E-state index >= 15 is 0 Å². The van der Waals surface area contributed by atoms with Gasteiger partial charge in [-0.1, -0.05) is 41.9 Å². The van der Waals surface area contributed by atoms with Gasteiger partial charge in [0.1, 0.15) is 0 Å². The molecule has 6 nitrogen and oxygen atoms in total. The molecule has 0 spiro atoms. The number of carboxylic acid groups (broad SMARTS) is 1. The lowest BCUT2D eigenvalue weighted by molar-refractivity contribution is -0.185. The average Bonchev–Trinajstić information content (AvgIpc) is 3.26. The number of nitrogens with zero attached hydrogens (tertiary/aromatic N) is 2. The number of anilines is 1. The third kappa shape index (κ3) is 5.62. The summed E-state index contributed by atoms with van der Waals surface area (Å²) in [5, 5.41) is 9.50. The Morgan fingerprint density at radius 1 is 1.25 bits per heavy atom. The molecule has 1 unspecified atom stereocenters. The van der Waals surface area contributed by atoms with Gasteiger partial charge in [-0.3, -0.25) is 4.90 Å². The van der Waals surface area contributed by atoms with Crippen molar-refractivity contribution in [2.24, 2.45) is 0 Å². The summed E-state index contributed by atoms with van der Waals surface area (Å²) in [6, 6.07) is 15.8. The van der Waals surface area contributed by atoms with Crippen LogP contribution in [0.1, 0.15) is 47.6 Å². The van der Waals surface area contributed by atoms with E-state index < -0.39 is 5.97 Å². The second kappa shape index (κ2) is 10.7. The van der Waals surface area contributed by atoms with Gasteiger partial charge in [0, 0.05) is 39.0 Å². The zero-order chi connectivity index (χ0) is 22.5. The van der Waals surface area contributed by atoms with E-state index in [-0.39, 0.29) is 29.0 Å². The molecule has 2 heterocycles. The van der Waals surface area contributed by atoms with Gasteiger partial charge >= 0.3 is 5.97 Å². The highest BCUT2D eigenvalue weighted by atomic mass is 35.5. The first-order valence-corrected chi connectivity index (χ1v) is 11.7. The van der Waals surface area contributed by atoms with Crippen LogP contribution in [0.15, 0.2) is 48.5 Å². The number of hydrogen-bond acceptors (Lipinski definition) is 5. The quantitative estimate of drug-likeness (QED) is 0.611. The van der Waals surface area contributed by atoms with Crippen molar-refractivity contribution in [1.29, 1.82) is 0 Å². The summed E-state index contributed by atoms with van der Waals surface area (Å²) in [7, 11) is 2.02. The Morgan fingerprint density at radius 2 is 2.06 bits per heavy atom. The monoisotopic (exact) mass is 458 g/mol. The molecule has 2 aliphatic heterocycles. The minimum atomic E-state index is -1.02. The van der Waals surface area contributed by atoms with Crippen LogP contribution in [0.4, 0.5) is 5.69 Å². The molecule has 0 bridgehead atoms. The van der Waals surface area contributed by atoms with Gasteiger partial charge in [-0.15, -0.1) is 0 Å². The molecule has 0 aromatic heterocycles. The minimum Gasteiger partial charge on any atom is -0.478 e. The summed E-state index contributed by atoms with van der Waals surface area (Å²) < 4.78 is 12.0. The molecule has 2 saturated heterocycles. The van der Waals surface area contributed by atoms with Gasteiger partial charge in [-0.25, -0.2) is 4.79 Å². The highest BCUT2D eigenvalue weighted by Gasteiger charge is 2.32. The third-order valence-corrected chi connectivity index (χ3v) is 6.67. The highest BCUT2D eigenvalue weighted by Crippen LogP contribution is 2.31. The fourth-order valence-electron chi connectivity index (χ4n) is 4.57. The highest BCUT2D eigenvalue weighted by molar-refractivity contribution is 6.33. The van der Waals surface area contributed by atoms with Gasteiger partial charge in [0.05, 0.1) is 22.7 Å². The van der Waals surface area contributed by atoms with Crippen molar-refractivity contribution >= 4 is 23.3 Å². The summed E-state index contributed by atoms with van der Waals surface area (Å²) in [4.78, 5) is 15.9. The van der Waals surface area contributed by atoms with E-state index in [0.717, 1.165) is 51.2 Å². The van der Waals surface area contributed by atoms with Crippen molar-refractivity contribution in [3.8, 4) is 0 Å². The summed E-state index contributed by atoms with van der Waals surface area (Å²) >= 11 is 6.21. The lowest BCUT2D eigenvalue weighted by Gasteiger charge is -2.33. The van der Waals surface area contributed by atoms with Crippen molar-refractivity contribution in [3.05, 3.63) is 64.7 Å². The van der Waals surface area contributed by atoms with Crippen LogP contribution >= 0.6 is 11.6 Å². The normalized spacial score (nSPS) is 22.6. The molecule has 172 valence electrons. The predicted octanol–water partition coefficient (Wildman–Crippen LogP) is 4.83. The fraction of sp³-hybridized carbons (Fsp3) is 0.480. The molecule has 32 heavy (non-hydrogen) atoms. The van der Waals surface area contributed by atoms with E-state index in [1.54, 1.807) is 12.1 Å². The number of carboxylic acids is 1. The first-order valence-electron chi connectivity index (χ1n) is 11.3. The van der Waals surface area contributed by atoms with Crippen LogP contribution in [0, 0.1) is 0 Å². The van der Waals surface area contributed by atoms with Crippen molar-refractivity contribution in [2.75, 3.05) is 38.2 Å². The van der Waals surface area contributed by atoms with Crippen LogP contribution in [0.25, 0.3) is 0 Å². The Kier molecular flexibility index (Phi) is 7.68. The summed E-state index contributed by atoms with van der Waals surface area (Å²) in [6.45, 7) is 3.37. The molecule has 1 N–H and O–H groups in total. The first kappa shape index (κ1) is 23.1. The SMILES string of the molecule is CN(C[C@H](c1ccccc1)N1CC[C@H](OC2CCCCO2)C1)c1ccc(C(=O)O)c(Cl)c1. The van der Waals surface area contributed by atoms with Crippen LogP contribution in [0.5, 0.6) is 0 Å². The number of rotatable bonds is 8. The Morgan fingerprint density at radius 3 is 2.75 bits per heavy atom. The fourth-order valence-corrected chi connectivity index (χ4v) is 4.82. The largest absolute Gasteiger partial charge is 0.478 e. The van der Waals surface area contributed by atoms with Gasteiger partial charge in [0.2, 0.25) is 0 Å². The Bertz CT molecular complexity index is 904. The molecular formula is C25H31ClN2O4. The molecule has 0 saturated carbocycles. The molecule has 7 heteroatoms. The predicted molar refractivity (Wildman–Crippen MR) is 126 cm³/mol. The number of aromatic carboxylic acids is 1. The molecule has 2 fully saturated rings. The number of likely N-dealkylation sites (N-methyl/N-ethyl adjacent to an activating group) is 1. The molecule has 3 atom stereocenters. The van der Waals surface area contributed by atoms with Crippen molar-refractivity contribution in [3.63, 3.8) is 0 Å². The molecule has 0 radical (unpaired) electrons. The number of benzene rings is 2. The van der Waals surface area contributed by atoms with Gasteiger partial charge in [0.15, 0.2) is 6.29 Å². The number of halogens is 1. The zero-order valence-corrected chi connectivity index (χ0v) is 19.2. The Labute approximate surface area is 194 Å². The van der Waals surface area contributed by atoms with Crippen LogP contribution in [-0.4, -0.2) is 61.7 Å². The Balaban J connectivity index is 1.47. The van der Waals surface area contributed by atoms with E-state index in [2.05, 4.69) is 34.1 Å². The van der Waals surface area contributed by atoms with Gasteiger partial charge in [-0.2, -0.15) is 0 Å².